The summed E-state index contributed by atoms with van der Waals surface area (Å²) in [6, 6.07) is 11.6. The molecule has 0 N–H and O–H groups in total. The lowest BCUT2D eigenvalue weighted by molar-refractivity contribution is 0.443. The minimum absolute atomic E-state index is 0.0639. The quantitative estimate of drug-likeness (QED) is 0.320. The molecule has 0 atom stereocenters. The third-order valence-electron chi connectivity index (χ3n) is 3.98. The first-order valence-corrected chi connectivity index (χ1v) is 10.1. The molecule has 9 heteroatoms. The van der Waals surface area contributed by atoms with Gasteiger partial charge in [0, 0.05) is 22.4 Å². The standard InChI is InChI=1S/C19H13F3N4S2/c20-14-7-6-12(16(21)17(14)22)11-28-19-25-24-18(15-5-1-2-8-23-15)26(19)10-13-4-3-9-27-13/h1-9H,10-11H2. The van der Waals surface area contributed by atoms with E-state index in [4.69, 9.17) is 0 Å². The molecule has 4 nitrogen and oxygen atoms in total. The lowest BCUT2D eigenvalue weighted by atomic mass is 10.2. The lowest BCUT2D eigenvalue weighted by Gasteiger charge is -2.09. The van der Waals surface area contributed by atoms with Gasteiger partial charge in [-0.15, -0.1) is 21.5 Å². The maximum absolute atomic E-state index is 14.0. The summed E-state index contributed by atoms with van der Waals surface area (Å²) >= 11 is 2.80. The lowest BCUT2D eigenvalue weighted by Crippen LogP contribution is -2.04. The second-order valence-electron chi connectivity index (χ2n) is 5.81. The first-order valence-electron chi connectivity index (χ1n) is 8.25. The van der Waals surface area contributed by atoms with Crippen LogP contribution in [0.5, 0.6) is 0 Å². The highest BCUT2D eigenvalue weighted by atomic mass is 32.2. The zero-order valence-corrected chi connectivity index (χ0v) is 16.0. The molecule has 4 rings (SSSR count). The van der Waals surface area contributed by atoms with Gasteiger partial charge in [0.25, 0.3) is 0 Å². The van der Waals surface area contributed by atoms with E-state index in [-0.39, 0.29) is 11.3 Å². The zero-order valence-electron chi connectivity index (χ0n) is 14.3. The second-order valence-corrected chi connectivity index (χ2v) is 7.78. The summed E-state index contributed by atoms with van der Waals surface area (Å²) in [4.78, 5) is 5.42. The number of pyridine rings is 1. The van der Waals surface area contributed by atoms with Crippen molar-refractivity contribution in [3.63, 3.8) is 0 Å². The monoisotopic (exact) mass is 418 g/mol. The average molecular weight is 418 g/mol. The normalized spacial score (nSPS) is 11.1. The summed E-state index contributed by atoms with van der Waals surface area (Å²) < 4.78 is 42.5. The van der Waals surface area contributed by atoms with E-state index in [9.17, 15) is 13.2 Å². The zero-order chi connectivity index (χ0) is 19.5. The summed E-state index contributed by atoms with van der Waals surface area (Å²) in [5.74, 6) is -3.17. The van der Waals surface area contributed by atoms with Crippen LogP contribution in [-0.2, 0) is 12.3 Å². The maximum Gasteiger partial charge on any atom is 0.194 e. The first kappa shape index (κ1) is 18.7. The summed E-state index contributed by atoms with van der Waals surface area (Å²) in [7, 11) is 0. The predicted molar refractivity (Wildman–Crippen MR) is 103 cm³/mol. The Morgan fingerprint density at radius 1 is 0.964 bits per heavy atom. The van der Waals surface area contributed by atoms with Crippen molar-refractivity contribution in [2.75, 3.05) is 0 Å². The molecular weight excluding hydrogens is 405 g/mol. The topological polar surface area (TPSA) is 43.6 Å². The number of rotatable bonds is 6. The van der Waals surface area contributed by atoms with Crippen molar-refractivity contribution in [3.8, 4) is 11.5 Å². The van der Waals surface area contributed by atoms with E-state index in [2.05, 4.69) is 15.2 Å². The Kier molecular flexibility index (Phi) is 5.45. The molecule has 0 aliphatic carbocycles. The number of halogens is 3. The van der Waals surface area contributed by atoms with Crippen LogP contribution in [0.2, 0.25) is 0 Å². The van der Waals surface area contributed by atoms with Crippen LogP contribution in [0.3, 0.4) is 0 Å². The van der Waals surface area contributed by atoms with Crippen molar-refractivity contribution in [2.45, 2.75) is 17.5 Å². The molecule has 0 radical (unpaired) electrons. The molecule has 0 saturated heterocycles. The summed E-state index contributed by atoms with van der Waals surface area (Å²) in [5, 5.41) is 11.0. The van der Waals surface area contributed by atoms with Gasteiger partial charge in [-0.3, -0.25) is 9.55 Å². The summed E-state index contributed by atoms with van der Waals surface area (Å²) in [6.07, 6.45) is 1.67. The minimum Gasteiger partial charge on any atom is -0.295 e. The first-order chi connectivity index (χ1) is 13.6. The highest BCUT2D eigenvalue weighted by molar-refractivity contribution is 7.98. The van der Waals surface area contributed by atoms with Crippen molar-refractivity contribution >= 4 is 23.1 Å². The Labute approximate surface area is 167 Å². The Morgan fingerprint density at radius 2 is 1.86 bits per heavy atom. The summed E-state index contributed by atoms with van der Waals surface area (Å²) in [5.41, 5.74) is 0.728. The molecule has 28 heavy (non-hydrogen) atoms. The molecule has 0 amide bonds. The fraction of sp³-hybridized carbons (Fsp3) is 0.105. The van der Waals surface area contributed by atoms with Gasteiger partial charge in [-0.1, -0.05) is 30.0 Å². The summed E-state index contributed by atoms with van der Waals surface area (Å²) in [6.45, 7) is 0.527. The van der Waals surface area contributed by atoms with Gasteiger partial charge < -0.3 is 0 Å². The number of nitrogens with zero attached hydrogens (tertiary/aromatic N) is 4. The SMILES string of the molecule is Fc1ccc(CSc2nnc(-c3ccccn3)n2Cc2cccs2)c(F)c1F. The van der Waals surface area contributed by atoms with Gasteiger partial charge in [-0.05, 0) is 29.6 Å². The van der Waals surface area contributed by atoms with E-state index in [1.807, 2.05) is 40.3 Å². The van der Waals surface area contributed by atoms with E-state index in [0.29, 0.717) is 23.2 Å². The molecule has 0 bridgehead atoms. The number of thiophene rings is 1. The van der Waals surface area contributed by atoms with Crippen LogP contribution in [0.4, 0.5) is 13.2 Å². The Bertz CT molecular complexity index is 1080. The van der Waals surface area contributed by atoms with Crippen LogP contribution in [-0.4, -0.2) is 19.7 Å². The van der Waals surface area contributed by atoms with E-state index < -0.39 is 17.5 Å². The molecule has 0 spiro atoms. The van der Waals surface area contributed by atoms with Crippen LogP contribution >= 0.6 is 23.1 Å². The largest absolute Gasteiger partial charge is 0.295 e. The third-order valence-corrected chi connectivity index (χ3v) is 5.85. The van der Waals surface area contributed by atoms with E-state index in [0.717, 1.165) is 10.9 Å². The number of hydrogen-bond donors (Lipinski definition) is 0. The van der Waals surface area contributed by atoms with E-state index >= 15 is 0 Å². The Hall–Kier alpha value is -2.65. The molecule has 0 aliphatic heterocycles. The Morgan fingerprint density at radius 3 is 2.61 bits per heavy atom. The molecule has 0 unspecified atom stereocenters. The molecule has 3 heterocycles. The van der Waals surface area contributed by atoms with Crippen molar-refractivity contribution < 1.29 is 13.2 Å². The highest BCUT2D eigenvalue weighted by Crippen LogP contribution is 2.28. The van der Waals surface area contributed by atoms with Crippen LogP contribution in [0.1, 0.15) is 10.4 Å². The number of benzene rings is 1. The molecule has 1 aromatic carbocycles. The van der Waals surface area contributed by atoms with Gasteiger partial charge in [-0.2, -0.15) is 0 Å². The van der Waals surface area contributed by atoms with E-state index in [1.54, 1.807) is 17.5 Å². The molecule has 142 valence electrons. The van der Waals surface area contributed by atoms with E-state index in [1.165, 1.54) is 17.8 Å². The highest BCUT2D eigenvalue weighted by Gasteiger charge is 2.18. The fourth-order valence-corrected chi connectivity index (χ4v) is 4.21. The van der Waals surface area contributed by atoms with Gasteiger partial charge in [-0.25, -0.2) is 13.2 Å². The number of thioether (sulfide) groups is 1. The van der Waals surface area contributed by atoms with Crippen molar-refractivity contribution in [2.24, 2.45) is 0 Å². The molecule has 3 aromatic heterocycles. The van der Waals surface area contributed by atoms with Crippen LogP contribution < -0.4 is 0 Å². The minimum atomic E-state index is -1.47. The number of hydrogen-bond acceptors (Lipinski definition) is 5. The number of aromatic nitrogens is 4. The van der Waals surface area contributed by atoms with Gasteiger partial charge in [0.15, 0.2) is 28.4 Å². The Balaban J connectivity index is 1.65. The van der Waals surface area contributed by atoms with Gasteiger partial charge in [0.2, 0.25) is 0 Å². The van der Waals surface area contributed by atoms with Crippen LogP contribution in [0, 0.1) is 17.5 Å². The molecule has 0 saturated carbocycles. The molecule has 0 fully saturated rings. The molecular formula is C19H13F3N4S2. The smallest absolute Gasteiger partial charge is 0.194 e. The van der Waals surface area contributed by atoms with Crippen molar-refractivity contribution in [1.29, 1.82) is 0 Å². The van der Waals surface area contributed by atoms with Crippen molar-refractivity contribution in [1.82, 2.24) is 19.7 Å². The second kappa shape index (κ2) is 8.15. The third kappa shape index (κ3) is 3.81. The van der Waals surface area contributed by atoms with Gasteiger partial charge in [0.05, 0.1) is 6.54 Å². The van der Waals surface area contributed by atoms with Crippen LogP contribution in [0.25, 0.3) is 11.5 Å². The van der Waals surface area contributed by atoms with Crippen LogP contribution in [0.15, 0.2) is 59.2 Å². The maximum atomic E-state index is 14.0. The molecule has 4 aromatic rings. The predicted octanol–water partition coefficient (Wildman–Crippen LogP) is 5.16. The van der Waals surface area contributed by atoms with Crippen molar-refractivity contribution in [3.05, 3.63) is 81.9 Å². The van der Waals surface area contributed by atoms with Gasteiger partial charge in [0.1, 0.15) is 5.69 Å². The average Bonchev–Trinajstić information content (AvgIpc) is 3.37. The fourth-order valence-electron chi connectivity index (χ4n) is 2.60. The van der Waals surface area contributed by atoms with Gasteiger partial charge >= 0.3 is 0 Å². The molecule has 0 aliphatic rings.